The maximum atomic E-state index is 6.11. The molecule has 0 saturated carbocycles. The van der Waals surface area contributed by atoms with Gasteiger partial charge in [-0.3, -0.25) is 5.84 Å². The van der Waals surface area contributed by atoms with Crippen molar-refractivity contribution in [2.24, 2.45) is 5.84 Å². The molecule has 5 heteroatoms. The van der Waals surface area contributed by atoms with Crippen LogP contribution in [-0.2, 0) is 0 Å². The van der Waals surface area contributed by atoms with Crippen LogP contribution in [0.25, 0.3) is 0 Å². The average Bonchev–Trinajstić information content (AvgIpc) is 2.69. The monoisotopic (exact) mass is 300 g/mol. The number of hydrogen-bond donors (Lipinski definition) is 2. The second-order valence-corrected chi connectivity index (χ2v) is 4.52. The van der Waals surface area contributed by atoms with Gasteiger partial charge < -0.3 is 4.42 Å². The van der Waals surface area contributed by atoms with Gasteiger partial charge in [0.15, 0.2) is 0 Å². The van der Waals surface area contributed by atoms with Crippen molar-refractivity contribution < 1.29 is 4.42 Å². The minimum Gasteiger partial charge on any atom is -0.466 e. The molecule has 0 aliphatic rings. The minimum absolute atomic E-state index is 0.266. The van der Waals surface area contributed by atoms with E-state index < -0.39 is 0 Å². The van der Waals surface area contributed by atoms with E-state index in [0.29, 0.717) is 10.8 Å². The van der Waals surface area contributed by atoms with Gasteiger partial charge in [0.1, 0.15) is 11.8 Å². The standard InChI is InChI=1S/C11H10BrClN2O/c12-8-5-6-16-11(8)10(15-14)7-3-1-2-4-9(7)13/h1-6,10,15H,14H2. The first kappa shape index (κ1) is 11.7. The lowest BCUT2D eigenvalue weighted by molar-refractivity contribution is 0.450. The molecule has 0 radical (unpaired) electrons. The number of nitrogens with one attached hydrogen (secondary N) is 1. The molecular formula is C11H10BrClN2O. The van der Waals surface area contributed by atoms with Crippen molar-refractivity contribution in [1.82, 2.24) is 5.43 Å². The second kappa shape index (κ2) is 5.01. The van der Waals surface area contributed by atoms with E-state index in [2.05, 4.69) is 21.4 Å². The largest absolute Gasteiger partial charge is 0.466 e. The summed E-state index contributed by atoms with van der Waals surface area (Å²) in [5.41, 5.74) is 3.57. The molecule has 0 aliphatic carbocycles. The van der Waals surface area contributed by atoms with Crippen LogP contribution in [-0.4, -0.2) is 0 Å². The van der Waals surface area contributed by atoms with E-state index in [9.17, 15) is 0 Å². The molecule has 0 saturated heterocycles. The number of furan rings is 1. The number of nitrogens with two attached hydrogens (primary N) is 1. The van der Waals surface area contributed by atoms with E-state index >= 15 is 0 Å². The predicted octanol–water partition coefficient (Wildman–Crippen LogP) is 3.25. The molecule has 0 aliphatic heterocycles. The molecule has 1 aromatic heterocycles. The van der Waals surface area contributed by atoms with Gasteiger partial charge in [-0.2, -0.15) is 0 Å². The first-order valence-electron chi connectivity index (χ1n) is 4.67. The third-order valence-corrected chi connectivity index (χ3v) is 3.29. The van der Waals surface area contributed by atoms with E-state index in [-0.39, 0.29) is 6.04 Å². The van der Waals surface area contributed by atoms with Crippen LogP contribution in [0.2, 0.25) is 5.02 Å². The normalized spacial score (nSPS) is 12.7. The Labute approximate surface area is 107 Å². The van der Waals surface area contributed by atoms with Crippen LogP contribution in [0.5, 0.6) is 0 Å². The number of benzene rings is 1. The van der Waals surface area contributed by atoms with Crippen LogP contribution in [0.3, 0.4) is 0 Å². The average molecular weight is 302 g/mol. The lowest BCUT2D eigenvalue weighted by atomic mass is 10.1. The van der Waals surface area contributed by atoms with Gasteiger partial charge in [-0.15, -0.1) is 0 Å². The smallest absolute Gasteiger partial charge is 0.140 e. The molecule has 1 aromatic carbocycles. The number of hydrogen-bond acceptors (Lipinski definition) is 3. The Morgan fingerprint density at radius 2 is 2.06 bits per heavy atom. The maximum absolute atomic E-state index is 6.11. The molecule has 0 spiro atoms. The van der Waals surface area contributed by atoms with E-state index in [4.69, 9.17) is 21.9 Å². The Hall–Kier alpha value is -0.810. The predicted molar refractivity (Wildman–Crippen MR) is 67.0 cm³/mol. The molecule has 3 nitrogen and oxygen atoms in total. The van der Waals surface area contributed by atoms with Crippen LogP contribution >= 0.6 is 27.5 Å². The molecule has 1 heterocycles. The summed E-state index contributed by atoms with van der Waals surface area (Å²) in [5, 5.41) is 0.647. The van der Waals surface area contributed by atoms with Gasteiger partial charge in [-0.05, 0) is 33.6 Å². The maximum Gasteiger partial charge on any atom is 0.140 e. The minimum atomic E-state index is -0.266. The topological polar surface area (TPSA) is 51.2 Å². The SMILES string of the molecule is NNC(c1ccccc1Cl)c1occc1Br. The summed E-state index contributed by atoms with van der Waals surface area (Å²) in [6, 6.07) is 9.05. The summed E-state index contributed by atoms with van der Waals surface area (Å²) in [6.07, 6.45) is 1.60. The number of rotatable bonds is 3. The summed E-state index contributed by atoms with van der Waals surface area (Å²) in [7, 11) is 0. The van der Waals surface area contributed by atoms with Crippen LogP contribution < -0.4 is 11.3 Å². The van der Waals surface area contributed by atoms with Crippen LogP contribution in [0.15, 0.2) is 45.5 Å². The van der Waals surface area contributed by atoms with E-state index in [1.165, 1.54) is 0 Å². The number of hydrazine groups is 1. The first-order chi connectivity index (χ1) is 7.74. The van der Waals surface area contributed by atoms with Gasteiger partial charge >= 0.3 is 0 Å². The van der Waals surface area contributed by atoms with E-state index in [0.717, 1.165) is 10.0 Å². The summed E-state index contributed by atoms with van der Waals surface area (Å²) in [6.45, 7) is 0. The Bertz CT molecular complexity index is 486. The van der Waals surface area contributed by atoms with Gasteiger partial charge in [0.25, 0.3) is 0 Å². The molecule has 1 unspecified atom stereocenters. The van der Waals surface area contributed by atoms with Crippen molar-refractivity contribution in [3.05, 3.63) is 57.4 Å². The molecular weight excluding hydrogens is 291 g/mol. The van der Waals surface area contributed by atoms with Crippen molar-refractivity contribution in [2.75, 3.05) is 0 Å². The molecule has 0 amide bonds. The van der Waals surface area contributed by atoms with Crippen molar-refractivity contribution >= 4 is 27.5 Å². The van der Waals surface area contributed by atoms with Crippen LogP contribution in [0, 0.1) is 0 Å². The Morgan fingerprint density at radius 1 is 1.31 bits per heavy atom. The molecule has 3 N–H and O–H groups in total. The van der Waals surface area contributed by atoms with Crippen LogP contribution in [0.4, 0.5) is 0 Å². The molecule has 0 fully saturated rings. The highest BCUT2D eigenvalue weighted by atomic mass is 79.9. The van der Waals surface area contributed by atoms with Gasteiger partial charge in [0.2, 0.25) is 0 Å². The van der Waals surface area contributed by atoms with Crippen molar-refractivity contribution in [1.29, 1.82) is 0 Å². The van der Waals surface area contributed by atoms with Crippen LogP contribution in [0.1, 0.15) is 17.4 Å². The Morgan fingerprint density at radius 3 is 2.62 bits per heavy atom. The van der Waals surface area contributed by atoms with Gasteiger partial charge in [-0.1, -0.05) is 29.8 Å². The lowest BCUT2D eigenvalue weighted by Gasteiger charge is -2.15. The summed E-state index contributed by atoms with van der Waals surface area (Å²) in [5.74, 6) is 6.25. The highest BCUT2D eigenvalue weighted by Gasteiger charge is 2.20. The zero-order valence-corrected chi connectivity index (χ0v) is 10.6. The lowest BCUT2D eigenvalue weighted by Crippen LogP contribution is -2.29. The third-order valence-electron chi connectivity index (χ3n) is 2.29. The molecule has 1 atom stereocenters. The van der Waals surface area contributed by atoms with Crippen molar-refractivity contribution in [2.45, 2.75) is 6.04 Å². The highest BCUT2D eigenvalue weighted by molar-refractivity contribution is 9.10. The van der Waals surface area contributed by atoms with Gasteiger partial charge in [-0.25, -0.2) is 5.43 Å². The zero-order chi connectivity index (χ0) is 11.5. The van der Waals surface area contributed by atoms with E-state index in [1.54, 1.807) is 6.26 Å². The quantitative estimate of drug-likeness (QED) is 0.676. The third kappa shape index (κ3) is 2.15. The first-order valence-corrected chi connectivity index (χ1v) is 5.84. The summed E-state index contributed by atoms with van der Waals surface area (Å²) >= 11 is 9.51. The zero-order valence-electron chi connectivity index (χ0n) is 8.28. The van der Waals surface area contributed by atoms with Gasteiger partial charge in [0.05, 0.1) is 10.7 Å². The molecule has 84 valence electrons. The fourth-order valence-electron chi connectivity index (χ4n) is 1.53. The highest BCUT2D eigenvalue weighted by Crippen LogP contribution is 2.32. The Kier molecular flexibility index (Phi) is 3.66. The van der Waals surface area contributed by atoms with E-state index in [1.807, 2.05) is 30.3 Å². The van der Waals surface area contributed by atoms with Crippen molar-refractivity contribution in [3.8, 4) is 0 Å². The number of halogens is 2. The summed E-state index contributed by atoms with van der Waals surface area (Å²) < 4.78 is 6.24. The fraction of sp³-hybridized carbons (Fsp3) is 0.0909. The fourth-order valence-corrected chi connectivity index (χ4v) is 2.20. The molecule has 0 bridgehead atoms. The molecule has 2 aromatic rings. The second-order valence-electron chi connectivity index (χ2n) is 3.25. The van der Waals surface area contributed by atoms with Gasteiger partial charge in [0, 0.05) is 5.02 Å². The Balaban J connectivity index is 2.45. The molecule has 16 heavy (non-hydrogen) atoms. The molecule has 2 rings (SSSR count). The summed E-state index contributed by atoms with van der Waals surface area (Å²) in [4.78, 5) is 0. The van der Waals surface area contributed by atoms with Crippen molar-refractivity contribution in [3.63, 3.8) is 0 Å².